The van der Waals surface area contributed by atoms with Crippen molar-refractivity contribution >= 4 is 39.8 Å². The molecule has 0 radical (unpaired) electrons. The Balaban J connectivity index is 1.61. The summed E-state index contributed by atoms with van der Waals surface area (Å²) >= 11 is 3.14. The van der Waals surface area contributed by atoms with Crippen LogP contribution in [0.4, 0.5) is 10.8 Å². The molecule has 1 aromatic heterocycles. The topological polar surface area (TPSA) is 90.1 Å². The van der Waals surface area contributed by atoms with Gasteiger partial charge in [0.05, 0.1) is 0 Å². The third-order valence-corrected chi connectivity index (χ3v) is 6.06. The molecule has 0 bridgehead atoms. The summed E-state index contributed by atoms with van der Waals surface area (Å²) in [6.07, 6.45) is 0.957. The van der Waals surface area contributed by atoms with Gasteiger partial charge in [0.15, 0.2) is 10.9 Å². The third kappa shape index (κ3) is 5.46. The molecule has 1 amide bonds. The number of carbonyl (C=O) groups excluding carboxylic acids is 1. The fraction of sp³-hybridized carbons (Fsp3) is 0.250. The van der Waals surface area contributed by atoms with Crippen LogP contribution in [0.25, 0.3) is 0 Å². The number of hydrogen-bond acceptors (Lipinski definition) is 7. The summed E-state index contributed by atoms with van der Waals surface area (Å²) in [5, 5.41) is 12.7. The van der Waals surface area contributed by atoms with E-state index in [0.717, 1.165) is 32.9 Å². The molecule has 0 saturated heterocycles. The SMILES string of the molecule is CCc1cccc(C)c1Nc1nnc(SCc2cccc(OCC(N)=O)c2)s1. The van der Waals surface area contributed by atoms with Crippen LogP contribution in [-0.2, 0) is 17.0 Å². The molecule has 0 spiro atoms. The zero-order valence-electron chi connectivity index (χ0n) is 15.8. The Morgan fingerprint density at radius 3 is 2.86 bits per heavy atom. The van der Waals surface area contributed by atoms with Crippen LogP contribution in [0.15, 0.2) is 46.8 Å². The molecule has 1 heterocycles. The first-order valence-corrected chi connectivity index (χ1v) is 10.7. The minimum absolute atomic E-state index is 0.124. The van der Waals surface area contributed by atoms with Crippen molar-refractivity contribution in [3.8, 4) is 5.75 Å². The molecule has 0 unspecified atom stereocenters. The van der Waals surface area contributed by atoms with Crippen molar-refractivity contribution in [2.45, 2.75) is 30.4 Å². The minimum Gasteiger partial charge on any atom is -0.484 e. The van der Waals surface area contributed by atoms with E-state index in [9.17, 15) is 4.79 Å². The predicted molar refractivity (Wildman–Crippen MR) is 114 cm³/mol. The zero-order chi connectivity index (χ0) is 19.9. The van der Waals surface area contributed by atoms with Crippen LogP contribution in [0.2, 0.25) is 0 Å². The van der Waals surface area contributed by atoms with E-state index in [1.807, 2.05) is 18.2 Å². The highest BCUT2D eigenvalue weighted by Crippen LogP contribution is 2.32. The van der Waals surface area contributed by atoms with Crippen molar-refractivity contribution in [2.75, 3.05) is 11.9 Å². The van der Waals surface area contributed by atoms with Gasteiger partial charge in [0, 0.05) is 11.4 Å². The van der Waals surface area contributed by atoms with Crippen LogP contribution in [0.5, 0.6) is 5.75 Å². The summed E-state index contributed by atoms with van der Waals surface area (Å²) in [7, 11) is 0. The van der Waals surface area contributed by atoms with Crippen molar-refractivity contribution in [1.29, 1.82) is 0 Å². The number of anilines is 2. The number of ether oxygens (including phenoxy) is 1. The minimum atomic E-state index is -0.492. The monoisotopic (exact) mass is 414 g/mol. The lowest BCUT2D eigenvalue weighted by Gasteiger charge is -2.11. The van der Waals surface area contributed by atoms with E-state index in [-0.39, 0.29) is 6.61 Å². The van der Waals surface area contributed by atoms with Gasteiger partial charge in [0.1, 0.15) is 5.75 Å². The summed E-state index contributed by atoms with van der Waals surface area (Å²) < 4.78 is 6.23. The lowest BCUT2D eigenvalue weighted by Crippen LogP contribution is -2.20. The summed E-state index contributed by atoms with van der Waals surface area (Å²) in [5.74, 6) is 0.865. The Morgan fingerprint density at radius 2 is 2.07 bits per heavy atom. The maximum absolute atomic E-state index is 10.8. The fourth-order valence-electron chi connectivity index (χ4n) is 2.65. The molecule has 3 aromatic rings. The average Bonchev–Trinajstić information content (AvgIpc) is 3.14. The lowest BCUT2D eigenvalue weighted by atomic mass is 10.1. The van der Waals surface area contributed by atoms with Gasteiger partial charge < -0.3 is 15.8 Å². The Morgan fingerprint density at radius 1 is 1.25 bits per heavy atom. The standard InChI is InChI=1S/C20H22N4O2S2/c1-3-15-8-4-6-13(2)18(15)22-19-23-24-20(28-19)27-12-14-7-5-9-16(10-14)26-11-17(21)25/h4-10H,3,11-12H2,1-2H3,(H2,21,25)(H,22,23). The smallest absolute Gasteiger partial charge is 0.255 e. The van der Waals surface area contributed by atoms with Crippen LogP contribution in [0.1, 0.15) is 23.6 Å². The first kappa shape index (κ1) is 20.2. The number of nitrogens with two attached hydrogens (primary N) is 1. The number of rotatable bonds is 9. The molecule has 0 aliphatic rings. The van der Waals surface area contributed by atoms with Gasteiger partial charge in [0.25, 0.3) is 5.91 Å². The van der Waals surface area contributed by atoms with Crippen LogP contribution in [0.3, 0.4) is 0 Å². The highest BCUT2D eigenvalue weighted by Gasteiger charge is 2.10. The maximum atomic E-state index is 10.8. The third-order valence-electron chi connectivity index (χ3n) is 4.02. The number of aryl methyl sites for hydroxylation is 2. The van der Waals surface area contributed by atoms with Crippen molar-refractivity contribution in [2.24, 2.45) is 5.73 Å². The van der Waals surface area contributed by atoms with Gasteiger partial charge in [-0.2, -0.15) is 0 Å². The van der Waals surface area contributed by atoms with Crippen LogP contribution >= 0.6 is 23.1 Å². The summed E-state index contributed by atoms with van der Waals surface area (Å²) in [6.45, 7) is 4.11. The Hall–Kier alpha value is -2.58. The van der Waals surface area contributed by atoms with Crippen LogP contribution in [-0.4, -0.2) is 22.7 Å². The van der Waals surface area contributed by atoms with Gasteiger partial charge in [0.2, 0.25) is 5.13 Å². The molecule has 8 heteroatoms. The number of carbonyl (C=O) groups is 1. The van der Waals surface area contributed by atoms with E-state index >= 15 is 0 Å². The molecule has 3 N–H and O–H groups in total. The average molecular weight is 415 g/mol. The summed E-state index contributed by atoms with van der Waals surface area (Å²) in [6, 6.07) is 13.9. The van der Waals surface area contributed by atoms with Gasteiger partial charge in [-0.1, -0.05) is 60.4 Å². The molecular formula is C20H22N4O2S2. The molecule has 6 nitrogen and oxygen atoms in total. The molecular weight excluding hydrogens is 392 g/mol. The number of para-hydroxylation sites is 1. The highest BCUT2D eigenvalue weighted by molar-refractivity contribution is 8.00. The number of thioether (sulfide) groups is 1. The zero-order valence-corrected chi connectivity index (χ0v) is 17.4. The summed E-state index contributed by atoms with van der Waals surface area (Å²) in [4.78, 5) is 10.8. The molecule has 0 fully saturated rings. The van der Waals surface area contributed by atoms with Crippen LogP contribution < -0.4 is 15.8 Å². The molecule has 0 saturated carbocycles. The van der Waals surface area contributed by atoms with E-state index < -0.39 is 5.91 Å². The molecule has 146 valence electrons. The molecule has 2 aromatic carbocycles. The Bertz CT molecular complexity index is 959. The van der Waals surface area contributed by atoms with Crippen molar-refractivity contribution in [3.63, 3.8) is 0 Å². The van der Waals surface area contributed by atoms with E-state index in [1.165, 1.54) is 22.5 Å². The molecule has 28 heavy (non-hydrogen) atoms. The van der Waals surface area contributed by atoms with Gasteiger partial charge >= 0.3 is 0 Å². The first-order chi connectivity index (χ1) is 13.5. The van der Waals surface area contributed by atoms with Gasteiger partial charge in [-0.15, -0.1) is 10.2 Å². The second-order valence-electron chi connectivity index (χ2n) is 6.15. The number of benzene rings is 2. The number of primary amides is 1. The predicted octanol–water partition coefficient (Wildman–Crippen LogP) is 4.31. The lowest BCUT2D eigenvalue weighted by molar-refractivity contribution is -0.119. The van der Waals surface area contributed by atoms with E-state index in [4.69, 9.17) is 10.5 Å². The van der Waals surface area contributed by atoms with E-state index in [2.05, 4.69) is 47.6 Å². The molecule has 0 aliphatic carbocycles. The largest absolute Gasteiger partial charge is 0.484 e. The van der Waals surface area contributed by atoms with E-state index in [1.54, 1.807) is 17.8 Å². The molecule has 0 aliphatic heterocycles. The highest BCUT2D eigenvalue weighted by atomic mass is 32.2. The number of nitrogens with zero attached hydrogens (tertiary/aromatic N) is 2. The Kier molecular flexibility index (Phi) is 6.89. The van der Waals surface area contributed by atoms with Crippen molar-refractivity contribution < 1.29 is 9.53 Å². The maximum Gasteiger partial charge on any atom is 0.255 e. The fourth-order valence-corrected chi connectivity index (χ4v) is 4.35. The normalized spacial score (nSPS) is 10.6. The van der Waals surface area contributed by atoms with Crippen molar-refractivity contribution in [3.05, 3.63) is 59.2 Å². The molecule has 3 rings (SSSR count). The van der Waals surface area contributed by atoms with Crippen molar-refractivity contribution in [1.82, 2.24) is 10.2 Å². The molecule has 0 atom stereocenters. The van der Waals surface area contributed by atoms with E-state index in [0.29, 0.717) is 5.75 Å². The summed E-state index contributed by atoms with van der Waals surface area (Å²) in [5.41, 5.74) is 9.74. The van der Waals surface area contributed by atoms with Gasteiger partial charge in [-0.25, -0.2) is 0 Å². The number of hydrogen-bond donors (Lipinski definition) is 2. The second-order valence-corrected chi connectivity index (χ2v) is 8.35. The van der Waals surface area contributed by atoms with Gasteiger partial charge in [-0.3, -0.25) is 4.79 Å². The second kappa shape index (κ2) is 9.57. The number of amides is 1. The first-order valence-electron chi connectivity index (χ1n) is 8.87. The Labute approximate surface area is 172 Å². The number of nitrogens with one attached hydrogen (secondary N) is 1. The van der Waals surface area contributed by atoms with Crippen LogP contribution in [0, 0.1) is 6.92 Å². The quantitative estimate of drug-likeness (QED) is 0.507. The van der Waals surface area contributed by atoms with Gasteiger partial charge in [-0.05, 0) is 42.2 Å². The number of aromatic nitrogens is 2.